The van der Waals surface area contributed by atoms with Crippen molar-refractivity contribution in [2.75, 3.05) is 13.6 Å². The standard InChI is InChI=1S/C19H37NO3.H3N/c1-3-4-5-6-7-8-9-10-11-12-13-14-15-16-18(21)20(2)17-19(22)23;/h3-17H2,1-2H3,(H,22,23);1H3. The minimum atomic E-state index is -0.953. The summed E-state index contributed by atoms with van der Waals surface area (Å²) in [6, 6.07) is 0. The Kier molecular flexibility index (Phi) is 19.1. The summed E-state index contributed by atoms with van der Waals surface area (Å²) in [6.07, 6.45) is 17.2. The van der Waals surface area contributed by atoms with Crippen molar-refractivity contribution in [2.45, 2.75) is 96.8 Å². The van der Waals surface area contributed by atoms with Crippen LogP contribution in [0.4, 0.5) is 0 Å². The molecular weight excluding hydrogens is 304 g/mol. The summed E-state index contributed by atoms with van der Waals surface area (Å²) in [4.78, 5) is 23.4. The molecule has 0 aromatic carbocycles. The van der Waals surface area contributed by atoms with Crippen LogP contribution in [-0.2, 0) is 9.59 Å². The van der Waals surface area contributed by atoms with E-state index in [1.807, 2.05) is 0 Å². The summed E-state index contributed by atoms with van der Waals surface area (Å²) in [5.41, 5.74) is 0. The number of carboxylic acid groups (broad SMARTS) is 1. The molecule has 0 atom stereocenters. The molecule has 0 unspecified atom stereocenters. The first-order valence-corrected chi connectivity index (χ1v) is 9.53. The van der Waals surface area contributed by atoms with Crippen molar-refractivity contribution in [3.05, 3.63) is 0 Å². The highest BCUT2D eigenvalue weighted by Crippen LogP contribution is 2.13. The first-order chi connectivity index (χ1) is 11.1. The summed E-state index contributed by atoms with van der Waals surface area (Å²) < 4.78 is 0. The molecule has 144 valence electrons. The molecule has 0 aliphatic heterocycles. The van der Waals surface area contributed by atoms with Gasteiger partial charge in [0.15, 0.2) is 0 Å². The number of amides is 1. The van der Waals surface area contributed by atoms with Crippen LogP contribution in [0.5, 0.6) is 0 Å². The Labute approximate surface area is 148 Å². The molecular formula is C19H40N2O3. The molecule has 0 heterocycles. The van der Waals surface area contributed by atoms with Crippen molar-refractivity contribution in [1.82, 2.24) is 11.1 Å². The second-order valence-electron chi connectivity index (χ2n) is 6.64. The number of hydrogen-bond donors (Lipinski definition) is 2. The highest BCUT2D eigenvalue weighted by molar-refractivity contribution is 5.80. The normalized spacial score (nSPS) is 10.2. The van der Waals surface area contributed by atoms with E-state index in [2.05, 4.69) is 6.92 Å². The molecule has 0 aromatic heterocycles. The second-order valence-corrected chi connectivity index (χ2v) is 6.64. The van der Waals surface area contributed by atoms with Crippen molar-refractivity contribution < 1.29 is 14.7 Å². The molecule has 1 amide bonds. The minimum absolute atomic E-state index is 0. The molecule has 0 fully saturated rings. The molecule has 5 heteroatoms. The van der Waals surface area contributed by atoms with Crippen molar-refractivity contribution in [2.24, 2.45) is 0 Å². The summed E-state index contributed by atoms with van der Waals surface area (Å²) in [5.74, 6) is -1.01. The zero-order valence-corrected chi connectivity index (χ0v) is 16.0. The van der Waals surface area contributed by atoms with Gasteiger partial charge in [0, 0.05) is 13.5 Å². The quantitative estimate of drug-likeness (QED) is 0.378. The molecule has 0 aliphatic carbocycles. The molecule has 0 aliphatic rings. The van der Waals surface area contributed by atoms with Crippen LogP contribution in [0.2, 0.25) is 0 Å². The summed E-state index contributed by atoms with van der Waals surface area (Å²) >= 11 is 0. The predicted octanol–water partition coefficient (Wildman–Crippen LogP) is 5.17. The van der Waals surface area contributed by atoms with Gasteiger partial charge in [0.1, 0.15) is 6.54 Å². The lowest BCUT2D eigenvalue weighted by atomic mass is 10.0. The lowest BCUT2D eigenvalue weighted by Crippen LogP contribution is -2.31. The van der Waals surface area contributed by atoms with E-state index >= 15 is 0 Å². The highest BCUT2D eigenvalue weighted by Gasteiger charge is 2.10. The van der Waals surface area contributed by atoms with Gasteiger partial charge in [-0.1, -0.05) is 84.0 Å². The number of aliphatic carboxylic acids is 1. The fourth-order valence-corrected chi connectivity index (χ4v) is 2.78. The van der Waals surface area contributed by atoms with Gasteiger partial charge in [-0.15, -0.1) is 0 Å². The van der Waals surface area contributed by atoms with Crippen LogP contribution < -0.4 is 6.15 Å². The van der Waals surface area contributed by atoms with Gasteiger partial charge in [-0.2, -0.15) is 0 Å². The van der Waals surface area contributed by atoms with Gasteiger partial charge >= 0.3 is 5.97 Å². The summed E-state index contributed by atoms with van der Waals surface area (Å²) in [7, 11) is 1.55. The summed E-state index contributed by atoms with van der Waals surface area (Å²) in [6.45, 7) is 2.06. The van der Waals surface area contributed by atoms with Crippen LogP contribution in [0.3, 0.4) is 0 Å². The molecule has 0 saturated heterocycles. The van der Waals surface area contributed by atoms with Gasteiger partial charge in [0.05, 0.1) is 0 Å². The van der Waals surface area contributed by atoms with Crippen molar-refractivity contribution in [3.63, 3.8) is 0 Å². The number of nitrogens with zero attached hydrogens (tertiary/aromatic N) is 1. The van der Waals surface area contributed by atoms with Crippen LogP contribution in [-0.4, -0.2) is 35.5 Å². The highest BCUT2D eigenvalue weighted by atomic mass is 16.4. The van der Waals surface area contributed by atoms with Crippen LogP contribution in [0.1, 0.15) is 96.8 Å². The second kappa shape index (κ2) is 18.2. The Hall–Kier alpha value is -1.10. The third-order valence-corrected chi connectivity index (χ3v) is 4.29. The maximum absolute atomic E-state index is 11.6. The zero-order chi connectivity index (χ0) is 17.3. The van der Waals surface area contributed by atoms with Gasteiger partial charge in [0.2, 0.25) is 5.91 Å². The Morgan fingerprint density at radius 3 is 1.50 bits per heavy atom. The number of likely N-dealkylation sites (N-methyl/N-ethyl adjacent to an activating group) is 1. The molecule has 0 aromatic rings. The minimum Gasteiger partial charge on any atom is -0.480 e. The number of carboxylic acids is 1. The van der Waals surface area contributed by atoms with E-state index in [-0.39, 0.29) is 18.6 Å². The Balaban J connectivity index is 0. The average Bonchev–Trinajstić information content (AvgIpc) is 2.51. The number of hydrogen-bond acceptors (Lipinski definition) is 3. The van der Waals surface area contributed by atoms with E-state index in [1.54, 1.807) is 7.05 Å². The molecule has 0 spiro atoms. The molecule has 4 N–H and O–H groups in total. The van der Waals surface area contributed by atoms with E-state index < -0.39 is 5.97 Å². The van der Waals surface area contributed by atoms with E-state index in [0.717, 1.165) is 12.8 Å². The number of unbranched alkanes of at least 4 members (excludes halogenated alkanes) is 12. The topological polar surface area (TPSA) is 92.6 Å². The molecule has 0 rings (SSSR count). The molecule has 5 nitrogen and oxygen atoms in total. The average molecular weight is 345 g/mol. The van der Waals surface area contributed by atoms with Crippen molar-refractivity contribution in [3.8, 4) is 0 Å². The number of carbonyl (C=O) groups excluding carboxylic acids is 1. The van der Waals surface area contributed by atoms with Gasteiger partial charge in [-0.25, -0.2) is 0 Å². The van der Waals surface area contributed by atoms with Crippen molar-refractivity contribution in [1.29, 1.82) is 0 Å². The third kappa shape index (κ3) is 17.3. The lowest BCUT2D eigenvalue weighted by molar-refractivity contribution is -0.143. The van der Waals surface area contributed by atoms with Crippen LogP contribution in [0.25, 0.3) is 0 Å². The van der Waals surface area contributed by atoms with E-state index in [9.17, 15) is 9.59 Å². The fraction of sp³-hybridized carbons (Fsp3) is 0.895. The maximum atomic E-state index is 11.6. The molecule has 0 radical (unpaired) electrons. The predicted molar refractivity (Wildman–Crippen MR) is 101 cm³/mol. The molecule has 0 bridgehead atoms. The molecule has 0 saturated carbocycles. The Morgan fingerprint density at radius 2 is 1.12 bits per heavy atom. The van der Waals surface area contributed by atoms with Crippen LogP contribution >= 0.6 is 0 Å². The van der Waals surface area contributed by atoms with E-state index in [1.165, 1.54) is 75.5 Å². The van der Waals surface area contributed by atoms with Gasteiger partial charge in [-0.05, 0) is 6.42 Å². The van der Waals surface area contributed by atoms with Crippen molar-refractivity contribution >= 4 is 11.9 Å². The number of carbonyl (C=O) groups is 2. The van der Waals surface area contributed by atoms with Crippen LogP contribution in [0.15, 0.2) is 0 Å². The first kappa shape index (κ1) is 25.1. The monoisotopic (exact) mass is 344 g/mol. The van der Waals surface area contributed by atoms with Gasteiger partial charge < -0.3 is 16.2 Å². The largest absolute Gasteiger partial charge is 0.480 e. The van der Waals surface area contributed by atoms with Crippen LogP contribution in [0, 0.1) is 0 Å². The SMILES string of the molecule is CCCCCCCCCCCCCCCC(=O)N(C)CC(=O)O.N. The Bertz CT molecular complexity index is 309. The summed E-state index contributed by atoms with van der Waals surface area (Å²) in [5, 5.41) is 8.62. The first-order valence-electron chi connectivity index (χ1n) is 9.53. The van der Waals surface area contributed by atoms with Gasteiger partial charge in [-0.3, -0.25) is 9.59 Å². The van der Waals surface area contributed by atoms with E-state index in [4.69, 9.17) is 5.11 Å². The third-order valence-electron chi connectivity index (χ3n) is 4.29. The molecule has 24 heavy (non-hydrogen) atoms. The fourth-order valence-electron chi connectivity index (χ4n) is 2.78. The smallest absolute Gasteiger partial charge is 0.323 e. The number of rotatable bonds is 16. The maximum Gasteiger partial charge on any atom is 0.323 e. The van der Waals surface area contributed by atoms with Gasteiger partial charge in [0.25, 0.3) is 0 Å². The zero-order valence-electron chi connectivity index (χ0n) is 16.0. The Morgan fingerprint density at radius 1 is 0.750 bits per heavy atom. The lowest BCUT2D eigenvalue weighted by Gasteiger charge is -2.14. The van der Waals surface area contributed by atoms with E-state index in [0.29, 0.717) is 6.42 Å².